The van der Waals surface area contributed by atoms with Gasteiger partial charge in [-0.05, 0) is 39.2 Å². The molecule has 0 spiro atoms. The van der Waals surface area contributed by atoms with E-state index in [1.165, 1.54) is 5.56 Å². The Morgan fingerprint density at radius 3 is 3.00 bits per heavy atom. The fourth-order valence-electron chi connectivity index (χ4n) is 2.41. The van der Waals surface area contributed by atoms with Gasteiger partial charge in [0.05, 0.1) is 10.4 Å². The third-order valence-corrected chi connectivity index (χ3v) is 4.05. The van der Waals surface area contributed by atoms with E-state index in [1.807, 2.05) is 30.3 Å². The average Bonchev–Trinajstić information content (AvgIpc) is 2.49. The Morgan fingerprint density at radius 1 is 1.30 bits per heavy atom. The summed E-state index contributed by atoms with van der Waals surface area (Å²) in [6.45, 7) is 1.46. The van der Waals surface area contributed by atoms with Crippen LogP contribution >= 0.6 is 15.9 Å². The molecule has 0 bridgehead atoms. The number of amides is 1. The van der Waals surface area contributed by atoms with Crippen molar-refractivity contribution in [3.05, 3.63) is 58.2 Å². The predicted octanol–water partition coefficient (Wildman–Crippen LogP) is 2.67. The predicted molar refractivity (Wildman–Crippen MR) is 81.5 cm³/mol. The van der Waals surface area contributed by atoms with E-state index in [9.17, 15) is 4.79 Å². The molecular weight excluding hydrogens is 318 g/mol. The average molecular weight is 332 g/mol. The number of pyridine rings is 1. The highest BCUT2D eigenvalue weighted by Crippen LogP contribution is 2.26. The number of hydrogen-bond acceptors (Lipinski definition) is 3. The number of nitrogens with zero attached hydrogens (tertiary/aromatic N) is 1. The highest BCUT2D eigenvalue weighted by molar-refractivity contribution is 9.10. The summed E-state index contributed by atoms with van der Waals surface area (Å²) < 4.78 is 0.783. The number of halogens is 1. The molecule has 1 aliphatic heterocycles. The second kappa shape index (κ2) is 5.73. The summed E-state index contributed by atoms with van der Waals surface area (Å²) >= 11 is 3.39. The van der Waals surface area contributed by atoms with E-state index in [0.717, 1.165) is 16.6 Å². The Bertz CT molecular complexity index is 645. The molecular formula is C15H14BrN3O. The summed E-state index contributed by atoms with van der Waals surface area (Å²) in [4.78, 5) is 16.6. The number of aromatic nitrogens is 1. The zero-order valence-corrected chi connectivity index (χ0v) is 12.4. The van der Waals surface area contributed by atoms with Crippen molar-refractivity contribution in [3.63, 3.8) is 0 Å². The first-order valence-electron chi connectivity index (χ1n) is 6.45. The number of hydrogen-bond donors (Lipinski definition) is 2. The molecule has 1 unspecified atom stereocenters. The van der Waals surface area contributed by atoms with Crippen LogP contribution < -0.4 is 10.6 Å². The number of rotatable bonds is 2. The molecule has 1 aliphatic rings. The Balaban J connectivity index is 1.84. The molecule has 1 aromatic carbocycles. The lowest BCUT2D eigenvalue weighted by atomic mass is 9.90. The van der Waals surface area contributed by atoms with Gasteiger partial charge in [0.2, 0.25) is 5.91 Å². The number of carbonyl (C=O) groups excluding carboxylic acids is 1. The number of benzene rings is 1. The van der Waals surface area contributed by atoms with Crippen LogP contribution in [0.3, 0.4) is 0 Å². The molecule has 5 heteroatoms. The summed E-state index contributed by atoms with van der Waals surface area (Å²) in [6, 6.07) is 11.7. The SMILES string of the molecule is O=C(Nc1ncccc1Br)C1CNCc2ccccc21. The van der Waals surface area contributed by atoms with E-state index >= 15 is 0 Å². The highest BCUT2D eigenvalue weighted by atomic mass is 79.9. The van der Waals surface area contributed by atoms with Gasteiger partial charge in [-0.3, -0.25) is 4.79 Å². The van der Waals surface area contributed by atoms with E-state index < -0.39 is 0 Å². The number of anilines is 1. The number of fused-ring (bicyclic) bond motifs is 1. The Morgan fingerprint density at radius 2 is 2.15 bits per heavy atom. The van der Waals surface area contributed by atoms with E-state index in [1.54, 1.807) is 6.20 Å². The third kappa shape index (κ3) is 2.59. The van der Waals surface area contributed by atoms with Gasteiger partial charge in [-0.15, -0.1) is 0 Å². The molecule has 1 amide bonds. The molecule has 2 N–H and O–H groups in total. The van der Waals surface area contributed by atoms with Gasteiger partial charge in [-0.2, -0.15) is 0 Å². The molecule has 4 nitrogen and oxygen atoms in total. The zero-order valence-electron chi connectivity index (χ0n) is 10.8. The molecule has 20 heavy (non-hydrogen) atoms. The molecule has 1 aromatic heterocycles. The largest absolute Gasteiger partial charge is 0.312 e. The van der Waals surface area contributed by atoms with Crippen LogP contribution in [0, 0.1) is 0 Å². The summed E-state index contributed by atoms with van der Waals surface area (Å²) in [5, 5.41) is 6.16. The van der Waals surface area contributed by atoms with Crippen LogP contribution in [0.15, 0.2) is 47.1 Å². The lowest BCUT2D eigenvalue weighted by Crippen LogP contribution is -2.35. The smallest absolute Gasteiger partial charge is 0.234 e. The van der Waals surface area contributed by atoms with Crippen LogP contribution in [0.5, 0.6) is 0 Å². The van der Waals surface area contributed by atoms with Gasteiger partial charge >= 0.3 is 0 Å². The summed E-state index contributed by atoms with van der Waals surface area (Å²) in [5.74, 6) is 0.332. The molecule has 1 atom stereocenters. The molecule has 2 heterocycles. The van der Waals surface area contributed by atoms with Crippen LogP contribution in [0.25, 0.3) is 0 Å². The van der Waals surface area contributed by atoms with Gasteiger partial charge < -0.3 is 10.6 Å². The third-order valence-electron chi connectivity index (χ3n) is 3.41. The molecule has 0 saturated heterocycles. The Kier molecular flexibility index (Phi) is 3.80. The molecule has 0 saturated carbocycles. The molecule has 0 fully saturated rings. The van der Waals surface area contributed by atoms with Crippen molar-refractivity contribution >= 4 is 27.7 Å². The van der Waals surface area contributed by atoms with Gasteiger partial charge in [0.25, 0.3) is 0 Å². The zero-order chi connectivity index (χ0) is 13.9. The minimum Gasteiger partial charge on any atom is -0.312 e. The highest BCUT2D eigenvalue weighted by Gasteiger charge is 2.26. The Hall–Kier alpha value is -1.72. The normalized spacial score (nSPS) is 17.4. The summed E-state index contributed by atoms with van der Waals surface area (Å²) in [7, 11) is 0. The van der Waals surface area contributed by atoms with Crippen molar-refractivity contribution < 1.29 is 4.79 Å². The maximum absolute atomic E-state index is 12.5. The van der Waals surface area contributed by atoms with Gasteiger partial charge in [0, 0.05) is 19.3 Å². The van der Waals surface area contributed by atoms with Gasteiger partial charge in [-0.1, -0.05) is 24.3 Å². The Labute approximate surface area is 125 Å². The fraction of sp³-hybridized carbons (Fsp3) is 0.200. The monoisotopic (exact) mass is 331 g/mol. The minimum atomic E-state index is -0.186. The minimum absolute atomic E-state index is 0.0379. The van der Waals surface area contributed by atoms with Crippen LogP contribution in [-0.4, -0.2) is 17.4 Å². The standard InChI is InChI=1S/C15H14BrN3O/c16-13-6-3-7-18-14(13)19-15(20)12-9-17-8-10-4-1-2-5-11(10)12/h1-7,12,17H,8-9H2,(H,18,19,20). The summed E-state index contributed by atoms with van der Waals surface area (Å²) in [6.07, 6.45) is 1.66. The lowest BCUT2D eigenvalue weighted by molar-refractivity contribution is -0.117. The molecule has 102 valence electrons. The lowest BCUT2D eigenvalue weighted by Gasteiger charge is -2.25. The second-order valence-electron chi connectivity index (χ2n) is 4.71. The fourth-order valence-corrected chi connectivity index (χ4v) is 2.77. The maximum Gasteiger partial charge on any atom is 0.234 e. The van der Waals surface area contributed by atoms with Crippen molar-refractivity contribution in [2.24, 2.45) is 0 Å². The van der Waals surface area contributed by atoms with Gasteiger partial charge in [-0.25, -0.2) is 4.98 Å². The number of nitrogens with one attached hydrogen (secondary N) is 2. The second-order valence-corrected chi connectivity index (χ2v) is 5.56. The van der Waals surface area contributed by atoms with Gasteiger partial charge in [0.15, 0.2) is 0 Å². The number of carbonyl (C=O) groups is 1. The molecule has 2 aromatic rings. The maximum atomic E-state index is 12.5. The summed E-state index contributed by atoms with van der Waals surface area (Å²) in [5.41, 5.74) is 2.27. The van der Waals surface area contributed by atoms with Crippen molar-refractivity contribution in [2.75, 3.05) is 11.9 Å². The van der Waals surface area contributed by atoms with Crippen LogP contribution in [0.4, 0.5) is 5.82 Å². The van der Waals surface area contributed by atoms with Crippen LogP contribution in [-0.2, 0) is 11.3 Å². The molecule has 3 rings (SSSR count). The van der Waals surface area contributed by atoms with E-state index in [0.29, 0.717) is 12.4 Å². The molecule has 0 radical (unpaired) electrons. The van der Waals surface area contributed by atoms with E-state index in [2.05, 4.69) is 37.6 Å². The molecule has 0 aliphatic carbocycles. The first kappa shape index (κ1) is 13.3. The van der Waals surface area contributed by atoms with Crippen molar-refractivity contribution in [1.82, 2.24) is 10.3 Å². The quantitative estimate of drug-likeness (QED) is 0.889. The first-order chi connectivity index (χ1) is 9.75. The van der Waals surface area contributed by atoms with Crippen LogP contribution in [0.1, 0.15) is 17.0 Å². The van der Waals surface area contributed by atoms with Crippen molar-refractivity contribution in [1.29, 1.82) is 0 Å². The first-order valence-corrected chi connectivity index (χ1v) is 7.25. The van der Waals surface area contributed by atoms with Crippen molar-refractivity contribution in [3.8, 4) is 0 Å². The van der Waals surface area contributed by atoms with Gasteiger partial charge in [0.1, 0.15) is 5.82 Å². The van der Waals surface area contributed by atoms with E-state index in [-0.39, 0.29) is 11.8 Å². The van der Waals surface area contributed by atoms with E-state index in [4.69, 9.17) is 0 Å². The van der Waals surface area contributed by atoms with Crippen molar-refractivity contribution in [2.45, 2.75) is 12.5 Å². The topological polar surface area (TPSA) is 54.0 Å². The van der Waals surface area contributed by atoms with Crippen LogP contribution in [0.2, 0.25) is 0 Å².